The number of rotatable bonds is 4. The number of ether oxygens (including phenoxy) is 1. The van der Waals surface area contributed by atoms with Crippen LogP contribution in [0.4, 0.5) is 0 Å². The third kappa shape index (κ3) is 3.93. The second-order valence-electron chi connectivity index (χ2n) is 5.91. The van der Waals surface area contributed by atoms with Crippen molar-refractivity contribution >= 4 is 5.91 Å². The van der Waals surface area contributed by atoms with Crippen molar-refractivity contribution in [1.82, 2.24) is 15.3 Å². The van der Waals surface area contributed by atoms with E-state index in [0.29, 0.717) is 12.2 Å². The summed E-state index contributed by atoms with van der Waals surface area (Å²) in [5, 5.41) is 2.96. The van der Waals surface area contributed by atoms with E-state index in [1.807, 2.05) is 0 Å². The molecule has 0 unspecified atom stereocenters. The van der Waals surface area contributed by atoms with Gasteiger partial charge in [-0.1, -0.05) is 29.8 Å². The standard InChI is InChI=1S/C18H21N3O2/c1-13-4-6-14(7-5-13)17-15(3-2-10-23-17)11-21-18(22)16-12-19-8-9-20-16/h4-9,12,15,17H,2-3,10-11H2,1H3,(H,21,22)/t15-,17+/m0/s1. The Balaban J connectivity index is 1.65. The van der Waals surface area contributed by atoms with Crippen molar-refractivity contribution in [3.63, 3.8) is 0 Å². The lowest BCUT2D eigenvalue weighted by Crippen LogP contribution is -2.35. The number of nitrogens with one attached hydrogen (secondary N) is 1. The van der Waals surface area contributed by atoms with Gasteiger partial charge in [0.15, 0.2) is 0 Å². The summed E-state index contributed by atoms with van der Waals surface area (Å²) in [6.07, 6.45) is 6.65. The number of carbonyl (C=O) groups excluding carboxylic acids is 1. The van der Waals surface area contributed by atoms with Crippen LogP contribution >= 0.6 is 0 Å². The molecule has 1 aromatic carbocycles. The lowest BCUT2D eigenvalue weighted by atomic mass is 9.89. The van der Waals surface area contributed by atoms with E-state index in [9.17, 15) is 4.79 Å². The van der Waals surface area contributed by atoms with Gasteiger partial charge < -0.3 is 10.1 Å². The molecule has 2 aromatic rings. The molecule has 5 nitrogen and oxygen atoms in total. The normalized spacial score (nSPS) is 20.9. The zero-order valence-electron chi connectivity index (χ0n) is 13.2. The van der Waals surface area contributed by atoms with E-state index in [-0.39, 0.29) is 17.9 Å². The molecule has 120 valence electrons. The second-order valence-corrected chi connectivity index (χ2v) is 5.91. The minimum absolute atomic E-state index is 0.0338. The third-order valence-corrected chi connectivity index (χ3v) is 4.17. The van der Waals surface area contributed by atoms with Crippen LogP contribution in [0.2, 0.25) is 0 Å². The Kier molecular flexibility index (Phi) is 4.98. The molecule has 0 aliphatic carbocycles. The maximum absolute atomic E-state index is 12.1. The molecule has 1 N–H and O–H groups in total. The molecule has 1 saturated heterocycles. The zero-order chi connectivity index (χ0) is 16.1. The monoisotopic (exact) mass is 311 g/mol. The van der Waals surface area contributed by atoms with E-state index in [4.69, 9.17) is 4.74 Å². The van der Waals surface area contributed by atoms with Gasteiger partial charge in [-0.3, -0.25) is 9.78 Å². The summed E-state index contributed by atoms with van der Waals surface area (Å²) in [6, 6.07) is 8.43. The first-order valence-corrected chi connectivity index (χ1v) is 7.96. The molecular weight excluding hydrogens is 290 g/mol. The fourth-order valence-electron chi connectivity index (χ4n) is 2.91. The SMILES string of the molecule is Cc1ccc([C@H]2OCCC[C@H]2CNC(=O)c2cnccn2)cc1. The van der Waals surface area contributed by atoms with Crippen molar-refractivity contribution in [2.75, 3.05) is 13.2 Å². The van der Waals surface area contributed by atoms with E-state index in [0.717, 1.165) is 19.4 Å². The molecule has 0 spiro atoms. The Labute approximate surface area is 136 Å². The number of hydrogen-bond acceptors (Lipinski definition) is 4. The predicted octanol–water partition coefficient (Wildman–Crippen LogP) is 2.68. The molecule has 0 bridgehead atoms. The van der Waals surface area contributed by atoms with Crippen molar-refractivity contribution in [3.05, 3.63) is 59.7 Å². The average molecular weight is 311 g/mol. The molecule has 1 aliphatic heterocycles. The maximum Gasteiger partial charge on any atom is 0.271 e. The molecule has 1 fully saturated rings. The Morgan fingerprint density at radius 1 is 1.30 bits per heavy atom. The van der Waals surface area contributed by atoms with Crippen LogP contribution in [0.1, 0.15) is 40.6 Å². The summed E-state index contributed by atoms with van der Waals surface area (Å²) in [5.41, 5.74) is 2.75. The largest absolute Gasteiger partial charge is 0.373 e. The molecule has 5 heteroatoms. The van der Waals surface area contributed by atoms with Crippen LogP contribution < -0.4 is 5.32 Å². The van der Waals surface area contributed by atoms with Crippen LogP contribution in [0, 0.1) is 12.8 Å². The first-order valence-electron chi connectivity index (χ1n) is 7.96. The van der Waals surface area contributed by atoms with Gasteiger partial charge in [-0.2, -0.15) is 0 Å². The minimum Gasteiger partial charge on any atom is -0.373 e. The van der Waals surface area contributed by atoms with Crippen LogP contribution in [0.3, 0.4) is 0 Å². The van der Waals surface area contributed by atoms with Gasteiger partial charge >= 0.3 is 0 Å². The number of aromatic nitrogens is 2. The lowest BCUT2D eigenvalue weighted by Gasteiger charge is -2.32. The molecule has 2 heterocycles. The molecule has 2 atom stereocenters. The molecule has 1 amide bonds. The van der Waals surface area contributed by atoms with Crippen molar-refractivity contribution in [2.45, 2.75) is 25.9 Å². The van der Waals surface area contributed by atoms with Crippen LogP contribution in [0.15, 0.2) is 42.9 Å². The van der Waals surface area contributed by atoms with Crippen molar-refractivity contribution in [1.29, 1.82) is 0 Å². The van der Waals surface area contributed by atoms with Crippen LogP contribution in [0.5, 0.6) is 0 Å². The number of carbonyl (C=O) groups is 1. The van der Waals surface area contributed by atoms with E-state index in [1.165, 1.54) is 23.5 Å². The summed E-state index contributed by atoms with van der Waals surface area (Å²) < 4.78 is 5.98. The van der Waals surface area contributed by atoms with E-state index >= 15 is 0 Å². The number of amides is 1. The van der Waals surface area contributed by atoms with Crippen LogP contribution in [0.25, 0.3) is 0 Å². The summed E-state index contributed by atoms with van der Waals surface area (Å²) in [4.78, 5) is 20.1. The number of hydrogen-bond donors (Lipinski definition) is 1. The van der Waals surface area contributed by atoms with Crippen LogP contribution in [-0.4, -0.2) is 29.0 Å². The minimum atomic E-state index is -0.189. The highest BCUT2D eigenvalue weighted by atomic mass is 16.5. The fraction of sp³-hybridized carbons (Fsp3) is 0.389. The van der Waals surface area contributed by atoms with E-state index in [2.05, 4.69) is 46.5 Å². The fourth-order valence-corrected chi connectivity index (χ4v) is 2.91. The highest BCUT2D eigenvalue weighted by Gasteiger charge is 2.27. The second kappa shape index (κ2) is 7.33. The Hall–Kier alpha value is -2.27. The Bertz CT molecular complexity index is 643. The quantitative estimate of drug-likeness (QED) is 0.943. The maximum atomic E-state index is 12.1. The van der Waals surface area contributed by atoms with Crippen molar-refractivity contribution in [2.24, 2.45) is 5.92 Å². The molecule has 3 rings (SSSR count). The highest BCUT2D eigenvalue weighted by molar-refractivity contribution is 5.91. The lowest BCUT2D eigenvalue weighted by molar-refractivity contribution is -0.0272. The van der Waals surface area contributed by atoms with Crippen molar-refractivity contribution in [3.8, 4) is 0 Å². The average Bonchev–Trinajstić information content (AvgIpc) is 2.61. The molecule has 0 saturated carbocycles. The topological polar surface area (TPSA) is 64.1 Å². The van der Waals surface area contributed by atoms with Crippen molar-refractivity contribution < 1.29 is 9.53 Å². The first kappa shape index (κ1) is 15.6. The van der Waals surface area contributed by atoms with Gasteiger partial charge in [0.25, 0.3) is 5.91 Å². The number of benzene rings is 1. The number of nitrogens with zero attached hydrogens (tertiary/aromatic N) is 2. The molecule has 0 radical (unpaired) electrons. The van der Waals surface area contributed by atoms with E-state index in [1.54, 1.807) is 6.20 Å². The van der Waals surface area contributed by atoms with Crippen LogP contribution in [-0.2, 0) is 4.74 Å². The summed E-state index contributed by atoms with van der Waals surface area (Å²) >= 11 is 0. The summed E-state index contributed by atoms with van der Waals surface area (Å²) in [7, 11) is 0. The predicted molar refractivity (Wildman–Crippen MR) is 87.0 cm³/mol. The molecular formula is C18H21N3O2. The van der Waals surface area contributed by atoms with Gasteiger partial charge in [-0.15, -0.1) is 0 Å². The third-order valence-electron chi connectivity index (χ3n) is 4.17. The van der Waals surface area contributed by atoms with Gasteiger partial charge in [-0.05, 0) is 25.3 Å². The van der Waals surface area contributed by atoms with Gasteiger partial charge in [0.05, 0.1) is 12.3 Å². The summed E-state index contributed by atoms with van der Waals surface area (Å²) in [6.45, 7) is 3.42. The smallest absolute Gasteiger partial charge is 0.271 e. The zero-order valence-corrected chi connectivity index (χ0v) is 13.2. The van der Waals surface area contributed by atoms with E-state index < -0.39 is 0 Å². The Morgan fingerprint density at radius 3 is 2.87 bits per heavy atom. The number of aryl methyl sites for hydroxylation is 1. The molecule has 1 aromatic heterocycles. The first-order chi connectivity index (χ1) is 11.2. The Morgan fingerprint density at radius 2 is 2.13 bits per heavy atom. The van der Waals surface area contributed by atoms with Gasteiger partial charge in [0.1, 0.15) is 5.69 Å². The van der Waals surface area contributed by atoms with Gasteiger partial charge in [0.2, 0.25) is 0 Å². The van der Waals surface area contributed by atoms with Gasteiger partial charge in [0, 0.05) is 31.5 Å². The molecule has 1 aliphatic rings. The van der Waals surface area contributed by atoms with Gasteiger partial charge in [-0.25, -0.2) is 4.98 Å². The highest BCUT2D eigenvalue weighted by Crippen LogP contribution is 2.33. The summed E-state index contributed by atoms with van der Waals surface area (Å²) in [5.74, 6) is 0.0819. The molecule has 23 heavy (non-hydrogen) atoms.